The Kier molecular flexibility index (Phi) is 7.62. The average molecular weight is 218 g/mol. The van der Waals surface area contributed by atoms with E-state index >= 15 is 0 Å². The Morgan fingerprint density at radius 1 is 1.20 bits per heavy atom. The Morgan fingerprint density at radius 3 is 2.33 bits per heavy atom. The average Bonchev–Trinajstić information content (AvgIpc) is 2.13. The van der Waals surface area contributed by atoms with Gasteiger partial charge in [0.05, 0.1) is 0 Å². The molecule has 0 aliphatic rings. The fourth-order valence-electron chi connectivity index (χ4n) is 1.11. The van der Waals surface area contributed by atoms with Crippen LogP contribution < -0.4 is 0 Å². The zero-order chi connectivity index (χ0) is 11.7. The lowest BCUT2D eigenvalue weighted by Gasteiger charge is -2.16. The molecule has 0 radical (unpaired) electrons. The molecule has 5 nitrogen and oxygen atoms in total. The lowest BCUT2D eigenvalue weighted by molar-refractivity contribution is -0.156. The van der Waals surface area contributed by atoms with Gasteiger partial charge in [-0.15, -0.1) is 0 Å². The van der Waals surface area contributed by atoms with Gasteiger partial charge in [0.25, 0.3) is 0 Å². The molecule has 0 aliphatic carbocycles. The highest BCUT2D eigenvalue weighted by Crippen LogP contribution is 2.06. The highest BCUT2D eigenvalue weighted by molar-refractivity contribution is 5.67. The Morgan fingerprint density at radius 2 is 1.87 bits per heavy atom. The molecule has 0 spiro atoms. The second kappa shape index (κ2) is 8.23. The molecule has 0 aliphatic heterocycles. The monoisotopic (exact) mass is 218 g/mol. The molecule has 0 aromatic rings. The first-order valence-electron chi connectivity index (χ1n) is 4.97. The molecule has 88 valence electrons. The predicted molar refractivity (Wildman–Crippen MR) is 53.1 cm³/mol. The minimum Gasteiger partial charge on any atom is -0.462 e. The molecule has 0 heterocycles. The maximum absolute atomic E-state index is 10.7. The second-order valence-corrected chi connectivity index (χ2v) is 3.25. The second-order valence-electron chi connectivity index (χ2n) is 3.25. The van der Waals surface area contributed by atoms with Gasteiger partial charge in [-0.25, -0.2) is 0 Å². The number of hydrogen-bond donors (Lipinski definition) is 1. The van der Waals surface area contributed by atoms with Crippen molar-refractivity contribution in [2.75, 3.05) is 13.2 Å². The van der Waals surface area contributed by atoms with E-state index in [1.165, 1.54) is 13.8 Å². The number of unbranched alkanes of at least 4 members (excludes halogenated alkanes) is 1. The SMILES string of the molecule is CC(=O)OCC(CCCCO)OC(C)=O. The third kappa shape index (κ3) is 9.21. The Balaban J connectivity index is 3.83. The first-order valence-corrected chi connectivity index (χ1v) is 4.97. The van der Waals surface area contributed by atoms with Crippen molar-refractivity contribution in [2.24, 2.45) is 0 Å². The van der Waals surface area contributed by atoms with Crippen LogP contribution in [0.4, 0.5) is 0 Å². The minimum atomic E-state index is -0.405. The summed E-state index contributed by atoms with van der Waals surface area (Å²) in [7, 11) is 0. The molecular weight excluding hydrogens is 200 g/mol. The largest absolute Gasteiger partial charge is 0.462 e. The third-order valence-electron chi connectivity index (χ3n) is 1.74. The van der Waals surface area contributed by atoms with Crippen molar-refractivity contribution in [3.8, 4) is 0 Å². The lowest BCUT2D eigenvalue weighted by atomic mass is 10.1. The Hall–Kier alpha value is -1.10. The standard InChI is InChI=1S/C10H18O5/c1-8(12)14-7-10(15-9(2)13)5-3-4-6-11/h10-11H,3-7H2,1-2H3. The van der Waals surface area contributed by atoms with Crippen LogP contribution in [0.1, 0.15) is 33.1 Å². The normalized spacial score (nSPS) is 11.9. The van der Waals surface area contributed by atoms with E-state index in [0.29, 0.717) is 12.8 Å². The van der Waals surface area contributed by atoms with Crippen LogP contribution in [-0.2, 0) is 19.1 Å². The van der Waals surface area contributed by atoms with Crippen LogP contribution in [-0.4, -0.2) is 36.4 Å². The fraction of sp³-hybridized carbons (Fsp3) is 0.800. The molecule has 0 aromatic heterocycles. The first-order chi connectivity index (χ1) is 7.06. The summed E-state index contributed by atoms with van der Waals surface area (Å²) in [4.78, 5) is 21.3. The van der Waals surface area contributed by atoms with Crippen molar-refractivity contribution < 1.29 is 24.2 Å². The van der Waals surface area contributed by atoms with E-state index in [2.05, 4.69) is 0 Å². The molecule has 1 unspecified atom stereocenters. The van der Waals surface area contributed by atoms with Gasteiger partial charge in [-0.05, 0) is 19.3 Å². The number of esters is 2. The summed E-state index contributed by atoms with van der Waals surface area (Å²) in [5.41, 5.74) is 0. The molecule has 0 amide bonds. The lowest BCUT2D eigenvalue weighted by Crippen LogP contribution is -2.23. The van der Waals surface area contributed by atoms with E-state index in [-0.39, 0.29) is 13.2 Å². The van der Waals surface area contributed by atoms with Crippen LogP contribution in [0, 0.1) is 0 Å². The van der Waals surface area contributed by atoms with E-state index in [0.717, 1.165) is 6.42 Å². The maximum Gasteiger partial charge on any atom is 0.303 e. The summed E-state index contributed by atoms with van der Waals surface area (Å²) in [5.74, 6) is -0.787. The van der Waals surface area contributed by atoms with Crippen molar-refractivity contribution in [1.82, 2.24) is 0 Å². The zero-order valence-electron chi connectivity index (χ0n) is 9.19. The zero-order valence-corrected chi connectivity index (χ0v) is 9.19. The van der Waals surface area contributed by atoms with Crippen LogP contribution >= 0.6 is 0 Å². The molecule has 0 bridgehead atoms. The summed E-state index contributed by atoms with van der Waals surface area (Å²) in [6.45, 7) is 2.81. The van der Waals surface area contributed by atoms with Crippen LogP contribution in [0.25, 0.3) is 0 Å². The number of aliphatic hydroxyl groups excluding tert-OH is 1. The summed E-state index contributed by atoms with van der Waals surface area (Å²) < 4.78 is 9.71. The number of ether oxygens (including phenoxy) is 2. The summed E-state index contributed by atoms with van der Waals surface area (Å²) in [5, 5.41) is 8.59. The van der Waals surface area contributed by atoms with Crippen molar-refractivity contribution >= 4 is 11.9 Å². The number of aliphatic hydroxyl groups is 1. The van der Waals surface area contributed by atoms with Crippen LogP contribution in [0.2, 0.25) is 0 Å². The van der Waals surface area contributed by atoms with E-state index in [1.54, 1.807) is 0 Å². The van der Waals surface area contributed by atoms with Gasteiger partial charge in [-0.2, -0.15) is 0 Å². The molecule has 15 heavy (non-hydrogen) atoms. The molecular formula is C10H18O5. The van der Waals surface area contributed by atoms with E-state index in [4.69, 9.17) is 14.6 Å². The van der Waals surface area contributed by atoms with E-state index < -0.39 is 18.0 Å². The highest BCUT2D eigenvalue weighted by Gasteiger charge is 2.13. The fourth-order valence-corrected chi connectivity index (χ4v) is 1.11. The van der Waals surface area contributed by atoms with E-state index in [1.807, 2.05) is 0 Å². The van der Waals surface area contributed by atoms with Gasteiger partial charge >= 0.3 is 11.9 Å². The number of carbonyl (C=O) groups is 2. The topological polar surface area (TPSA) is 72.8 Å². The van der Waals surface area contributed by atoms with Gasteiger partial charge in [-0.1, -0.05) is 0 Å². The molecule has 0 fully saturated rings. The number of carbonyl (C=O) groups excluding carboxylic acids is 2. The van der Waals surface area contributed by atoms with Crippen LogP contribution in [0.15, 0.2) is 0 Å². The summed E-state index contributed by atoms with van der Waals surface area (Å²) >= 11 is 0. The van der Waals surface area contributed by atoms with Crippen molar-refractivity contribution in [2.45, 2.75) is 39.2 Å². The number of hydrogen-bond acceptors (Lipinski definition) is 5. The number of rotatable bonds is 7. The summed E-state index contributed by atoms with van der Waals surface area (Å²) in [6.07, 6.45) is 1.57. The predicted octanol–water partition coefficient (Wildman–Crippen LogP) is 0.644. The van der Waals surface area contributed by atoms with Crippen LogP contribution in [0.3, 0.4) is 0 Å². The van der Waals surface area contributed by atoms with Gasteiger partial charge in [0.15, 0.2) is 0 Å². The van der Waals surface area contributed by atoms with E-state index in [9.17, 15) is 9.59 Å². The highest BCUT2D eigenvalue weighted by atomic mass is 16.6. The van der Waals surface area contributed by atoms with Crippen molar-refractivity contribution in [1.29, 1.82) is 0 Å². The van der Waals surface area contributed by atoms with Gasteiger partial charge in [-0.3, -0.25) is 9.59 Å². The van der Waals surface area contributed by atoms with Gasteiger partial charge in [0.1, 0.15) is 12.7 Å². The molecule has 0 saturated heterocycles. The molecule has 1 atom stereocenters. The molecule has 0 saturated carbocycles. The third-order valence-corrected chi connectivity index (χ3v) is 1.74. The maximum atomic E-state index is 10.7. The van der Waals surface area contributed by atoms with Crippen molar-refractivity contribution in [3.63, 3.8) is 0 Å². The molecule has 0 rings (SSSR count). The first kappa shape index (κ1) is 13.9. The quantitative estimate of drug-likeness (QED) is 0.501. The van der Waals surface area contributed by atoms with Crippen molar-refractivity contribution in [3.05, 3.63) is 0 Å². The smallest absolute Gasteiger partial charge is 0.303 e. The molecule has 5 heteroatoms. The molecule has 0 aromatic carbocycles. The summed E-state index contributed by atoms with van der Waals surface area (Å²) in [6, 6.07) is 0. The molecule has 1 N–H and O–H groups in total. The minimum absolute atomic E-state index is 0.0837. The Labute approximate surface area is 89.4 Å². The van der Waals surface area contributed by atoms with Gasteiger partial charge < -0.3 is 14.6 Å². The Bertz CT molecular complexity index is 202. The van der Waals surface area contributed by atoms with Gasteiger partial charge in [0.2, 0.25) is 0 Å². The van der Waals surface area contributed by atoms with Gasteiger partial charge in [0, 0.05) is 20.5 Å². The van der Waals surface area contributed by atoms with Crippen LogP contribution in [0.5, 0.6) is 0 Å².